The maximum absolute atomic E-state index is 13.0. The number of aromatic nitrogens is 1. The van der Waals surface area contributed by atoms with E-state index in [2.05, 4.69) is 10.5 Å². The number of ether oxygens (including phenoxy) is 1. The molecule has 2 aromatic rings. The van der Waals surface area contributed by atoms with E-state index in [4.69, 9.17) is 13.7 Å². The molecule has 2 aliphatic heterocycles. The van der Waals surface area contributed by atoms with Crippen molar-refractivity contribution in [1.29, 1.82) is 0 Å². The monoisotopic (exact) mass is 359 g/mol. The second kappa shape index (κ2) is 6.60. The van der Waals surface area contributed by atoms with E-state index in [0.717, 1.165) is 6.42 Å². The highest BCUT2D eigenvalue weighted by atomic mass is 16.5. The summed E-state index contributed by atoms with van der Waals surface area (Å²) in [7, 11) is 0. The molecule has 2 saturated heterocycles. The fraction of sp³-hybridized carbons (Fsp3) is 0.500. The quantitative estimate of drug-likeness (QED) is 0.887. The molecule has 4 heterocycles. The van der Waals surface area contributed by atoms with Crippen molar-refractivity contribution in [2.75, 3.05) is 13.2 Å². The summed E-state index contributed by atoms with van der Waals surface area (Å²) in [6.45, 7) is 4.65. The van der Waals surface area contributed by atoms with Gasteiger partial charge < -0.3 is 23.9 Å². The first kappa shape index (κ1) is 16.8. The van der Waals surface area contributed by atoms with Crippen molar-refractivity contribution in [2.45, 2.75) is 39.0 Å². The zero-order valence-electron chi connectivity index (χ0n) is 14.7. The molecular formula is C18H21N3O5. The molecule has 0 spiro atoms. The van der Waals surface area contributed by atoms with Crippen molar-refractivity contribution in [2.24, 2.45) is 5.92 Å². The smallest absolute Gasteiger partial charge is 0.259 e. The van der Waals surface area contributed by atoms with Gasteiger partial charge in [-0.3, -0.25) is 9.59 Å². The van der Waals surface area contributed by atoms with Crippen LogP contribution in [0.1, 0.15) is 34.0 Å². The van der Waals surface area contributed by atoms with Crippen molar-refractivity contribution in [1.82, 2.24) is 15.4 Å². The van der Waals surface area contributed by atoms with Crippen molar-refractivity contribution < 1.29 is 23.3 Å². The number of carbonyl (C=O) groups is 2. The maximum Gasteiger partial charge on any atom is 0.259 e. The molecular weight excluding hydrogens is 338 g/mol. The van der Waals surface area contributed by atoms with Gasteiger partial charge in [0.1, 0.15) is 17.1 Å². The van der Waals surface area contributed by atoms with Crippen LogP contribution in [-0.4, -0.2) is 47.2 Å². The number of hydrogen-bond acceptors (Lipinski definition) is 6. The van der Waals surface area contributed by atoms with Crippen LogP contribution in [-0.2, 0) is 16.1 Å². The Morgan fingerprint density at radius 1 is 1.38 bits per heavy atom. The van der Waals surface area contributed by atoms with Gasteiger partial charge in [-0.15, -0.1) is 0 Å². The summed E-state index contributed by atoms with van der Waals surface area (Å²) in [5.74, 6) is 0.495. The van der Waals surface area contributed by atoms with Gasteiger partial charge in [0.15, 0.2) is 0 Å². The lowest BCUT2D eigenvalue weighted by Gasteiger charge is -2.22. The average molecular weight is 359 g/mol. The molecule has 2 aromatic heterocycles. The van der Waals surface area contributed by atoms with Gasteiger partial charge in [-0.2, -0.15) is 0 Å². The Morgan fingerprint density at radius 3 is 2.92 bits per heavy atom. The first-order chi connectivity index (χ1) is 12.6. The Hall–Kier alpha value is -2.61. The molecule has 138 valence electrons. The number of hydrogen-bond donors (Lipinski definition) is 1. The van der Waals surface area contributed by atoms with Gasteiger partial charge in [0.25, 0.3) is 5.91 Å². The number of likely N-dealkylation sites (tertiary alicyclic amines) is 1. The third-order valence-corrected chi connectivity index (χ3v) is 5.16. The number of nitrogens with one attached hydrogen (secondary N) is 1. The Balaban J connectivity index is 1.50. The van der Waals surface area contributed by atoms with Crippen LogP contribution in [0.2, 0.25) is 0 Å². The number of aryl methyl sites for hydroxylation is 2. The summed E-state index contributed by atoms with van der Waals surface area (Å²) >= 11 is 0. The van der Waals surface area contributed by atoms with Gasteiger partial charge in [0, 0.05) is 13.2 Å². The summed E-state index contributed by atoms with van der Waals surface area (Å²) in [6.07, 6.45) is 2.01. The molecule has 0 aromatic carbocycles. The molecule has 2 aliphatic rings. The van der Waals surface area contributed by atoms with Crippen LogP contribution < -0.4 is 5.32 Å². The van der Waals surface area contributed by atoms with E-state index >= 15 is 0 Å². The fourth-order valence-corrected chi connectivity index (χ4v) is 3.88. The molecule has 8 nitrogen and oxygen atoms in total. The summed E-state index contributed by atoms with van der Waals surface area (Å²) in [5.41, 5.74) is 1.04. The average Bonchev–Trinajstić information content (AvgIpc) is 3.37. The molecule has 0 aliphatic carbocycles. The molecule has 4 rings (SSSR count). The molecule has 0 bridgehead atoms. The van der Waals surface area contributed by atoms with Crippen molar-refractivity contribution in [3.63, 3.8) is 0 Å². The molecule has 0 saturated carbocycles. The van der Waals surface area contributed by atoms with E-state index in [1.807, 2.05) is 0 Å². The summed E-state index contributed by atoms with van der Waals surface area (Å²) in [6, 6.07) is 3.48. The van der Waals surface area contributed by atoms with E-state index in [1.54, 1.807) is 37.1 Å². The van der Waals surface area contributed by atoms with Crippen LogP contribution in [0.25, 0.3) is 0 Å². The standard InChI is InChI=1S/C18H21N3O5/c1-10-15(11(2)26-20-10)18(23)21-9-13(16-14(21)5-7-25-16)17(22)19-8-12-4-3-6-24-12/h3-4,6,13-14,16H,5,7-9H2,1-2H3,(H,19,22). The molecule has 0 radical (unpaired) electrons. The van der Waals surface area contributed by atoms with E-state index in [-0.39, 0.29) is 24.0 Å². The zero-order chi connectivity index (χ0) is 18.3. The van der Waals surface area contributed by atoms with Crippen LogP contribution in [0.3, 0.4) is 0 Å². The molecule has 1 N–H and O–H groups in total. The van der Waals surface area contributed by atoms with Crippen LogP contribution in [0.15, 0.2) is 27.3 Å². The van der Waals surface area contributed by atoms with Gasteiger partial charge in [0.2, 0.25) is 5.91 Å². The summed E-state index contributed by atoms with van der Waals surface area (Å²) in [5, 5.41) is 6.74. The molecule has 2 amide bonds. The van der Waals surface area contributed by atoms with Crippen LogP contribution in [0.5, 0.6) is 0 Å². The molecule has 2 fully saturated rings. The van der Waals surface area contributed by atoms with Gasteiger partial charge in [-0.25, -0.2) is 0 Å². The third kappa shape index (κ3) is 2.80. The molecule has 3 unspecified atom stereocenters. The second-order valence-corrected chi connectivity index (χ2v) is 6.75. The maximum atomic E-state index is 13.0. The van der Waals surface area contributed by atoms with E-state index < -0.39 is 5.92 Å². The predicted octanol–water partition coefficient (Wildman–Crippen LogP) is 1.43. The second-order valence-electron chi connectivity index (χ2n) is 6.75. The van der Waals surface area contributed by atoms with Crippen LogP contribution in [0.4, 0.5) is 0 Å². The lowest BCUT2D eigenvalue weighted by Crippen LogP contribution is -2.37. The van der Waals surface area contributed by atoms with Crippen molar-refractivity contribution in [3.8, 4) is 0 Å². The highest BCUT2D eigenvalue weighted by Crippen LogP contribution is 2.35. The molecule has 26 heavy (non-hydrogen) atoms. The highest BCUT2D eigenvalue weighted by Gasteiger charge is 2.51. The van der Waals surface area contributed by atoms with Gasteiger partial charge in [-0.05, 0) is 32.4 Å². The van der Waals surface area contributed by atoms with Crippen LogP contribution in [0, 0.1) is 19.8 Å². The highest BCUT2D eigenvalue weighted by molar-refractivity contribution is 5.97. The van der Waals surface area contributed by atoms with Gasteiger partial charge in [-0.1, -0.05) is 5.16 Å². The first-order valence-corrected chi connectivity index (χ1v) is 8.72. The summed E-state index contributed by atoms with van der Waals surface area (Å²) < 4.78 is 16.2. The Morgan fingerprint density at radius 2 is 2.23 bits per heavy atom. The van der Waals surface area contributed by atoms with E-state index in [0.29, 0.717) is 42.5 Å². The molecule has 8 heteroatoms. The Kier molecular flexibility index (Phi) is 4.28. The number of carbonyl (C=O) groups excluding carboxylic acids is 2. The lowest BCUT2D eigenvalue weighted by molar-refractivity contribution is -0.127. The fourth-order valence-electron chi connectivity index (χ4n) is 3.88. The number of rotatable bonds is 4. The molecule has 3 atom stereocenters. The predicted molar refractivity (Wildman–Crippen MR) is 89.2 cm³/mol. The SMILES string of the molecule is Cc1noc(C)c1C(=O)N1CC(C(=O)NCc2ccco2)C2OCCC21. The minimum Gasteiger partial charge on any atom is -0.467 e. The third-order valence-electron chi connectivity index (χ3n) is 5.16. The Labute approximate surface area is 150 Å². The van der Waals surface area contributed by atoms with Gasteiger partial charge in [0.05, 0.1) is 36.6 Å². The van der Waals surface area contributed by atoms with Crippen molar-refractivity contribution >= 4 is 11.8 Å². The topological polar surface area (TPSA) is 97.8 Å². The number of fused-ring (bicyclic) bond motifs is 1. The normalized spacial score (nSPS) is 24.7. The Bertz CT molecular complexity index is 793. The number of furan rings is 1. The largest absolute Gasteiger partial charge is 0.467 e. The van der Waals surface area contributed by atoms with E-state index in [9.17, 15) is 9.59 Å². The van der Waals surface area contributed by atoms with Crippen molar-refractivity contribution in [3.05, 3.63) is 41.2 Å². The van der Waals surface area contributed by atoms with Crippen LogP contribution >= 0.6 is 0 Å². The first-order valence-electron chi connectivity index (χ1n) is 8.72. The number of nitrogens with zero attached hydrogens (tertiary/aromatic N) is 2. The minimum atomic E-state index is -0.401. The van der Waals surface area contributed by atoms with E-state index in [1.165, 1.54) is 0 Å². The lowest BCUT2D eigenvalue weighted by atomic mass is 10.0. The zero-order valence-corrected chi connectivity index (χ0v) is 14.7. The van der Waals surface area contributed by atoms with Gasteiger partial charge >= 0.3 is 0 Å². The summed E-state index contributed by atoms with van der Waals surface area (Å²) in [4.78, 5) is 27.4. The minimum absolute atomic E-state index is 0.101. The number of amides is 2.